The van der Waals surface area contributed by atoms with Gasteiger partial charge in [-0.3, -0.25) is 4.90 Å². The van der Waals surface area contributed by atoms with Crippen LogP contribution in [0.5, 0.6) is 11.5 Å². The average molecular weight is 418 g/mol. The lowest BCUT2D eigenvalue weighted by Crippen LogP contribution is -2.41. The molecule has 0 bridgehead atoms. The van der Waals surface area contributed by atoms with Crippen LogP contribution in [-0.4, -0.2) is 42.9 Å². The lowest BCUT2D eigenvalue weighted by molar-refractivity contribution is 0.135. The molecule has 1 fully saturated rings. The first kappa shape index (κ1) is 19.2. The molecule has 3 aliphatic heterocycles. The second-order valence-corrected chi connectivity index (χ2v) is 9.26. The number of ether oxygens (including phenoxy) is 2. The third-order valence-corrected chi connectivity index (χ3v) is 7.42. The maximum absolute atomic E-state index is 5.75. The number of H-pyrrole nitrogens is 1. The molecule has 1 aromatic heterocycles. The molecule has 0 amide bonds. The second kappa shape index (κ2) is 8.21. The standard InChI is InChI=1S/C26H31N3O2/c1-2-4-23-21(3-1)20(15-28-23)5-6-24-22-14-26-25(30-17-31-26)13-19(22)9-12-29(24)16-18-7-10-27-11-8-18/h1-4,13-15,18,24,27-28H,5-12,16-17H2/t24-/m0/s1. The summed E-state index contributed by atoms with van der Waals surface area (Å²) in [5.74, 6) is 2.63. The van der Waals surface area contributed by atoms with E-state index in [0.717, 1.165) is 56.3 Å². The maximum Gasteiger partial charge on any atom is 0.231 e. The van der Waals surface area contributed by atoms with E-state index in [2.05, 4.69) is 57.8 Å². The van der Waals surface area contributed by atoms with Crippen molar-refractivity contribution in [3.05, 3.63) is 59.3 Å². The smallest absolute Gasteiger partial charge is 0.231 e. The summed E-state index contributed by atoms with van der Waals surface area (Å²) in [4.78, 5) is 6.21. The normalized spacial score (nSPS) is 21.5. The number of rotatable bonds is 5. The van der Waals surface area contributed by atoms with Gasteiger partial charge in [-0.25, -0.2) is 0 Å². The molecule has 3 aliphatic rings. The number of hydrogen-bond donors (Lipinski definition) is 2. The molecule has 0 spiro atoms. The van der Waals surface area contributed by atoms with E-state index in [0.29, 0.717) is 12.8 Å². The number of aromatic nitrogens is 1. The van der Waals surface area contributed by atoms with Crippen molar-refractivity contribution >= 4 is 10.9 Å². The van der Waals surface area contributed by atoms with Crippen molar-refractivity contribution in [3.8, 4) is 11.5 Å². The molecule has 5 nitrogen and oxygen atoms in total. The highest BCUT2D eigenvalue weighted by atomic mass is 16.7. The van der Waals surface area contributed by atoms with Gasteiger partial charge in [0.05, 0.1) is 0 Å². The molecule has 0 saturated carbocycles. The highest BCUT2D eigenvalue weighted by Gasteiger charge is 2.31. The Morgan fingerprint density at radius 3 is 2.77 bits per heavy atom. The van der Waals surface area contributed by atoms with Crippen molar-refractivity contribution in [1.29, 1.82) is 0 Å². The van der Waals surface area contributed by atoms with Gasteiger partial charge >= 0.3 is 0 Å². The minimum Gasteiger partial charge on any atom is -0.454 e. The summed E-state index contributed by atoms with van der Waals surface area (Å²) in [6, 6.07) is 13.6. The van der Waals surface area contributed by atoms with E-state index in [1.54, 1.807) is 0 Å². The third kappa shape index (κ3) is 3.70. The van der Waals surface area contributed by atoms with Crippen molar-refractivity contribution in [2.75, 3.05) is 33.0 Å². The van der Waals surface area contributed by atoms with E-state index in [1.165, 1.54) is 47.0 Å². The van der Waals surface area contributed by atoms with Gasteiger partial charge in [0.15, 0.2) is 11.5 Å². The van der Waals surface area contributed by atoms with Crippen LogP contribution in [0.25, 0.3) is 10.9 Å². The average Bonchev–Trinajstić information content (AvgIpc) is 3.44. The molecular weight excluding hydrogens is 386 g/mol. The van der Waals surface area contributed by atoms with Crippen LogP contribution in [0.2, 0.25) is 0 Å². The molecule has 31 heavy (non-hydrogen) atoms. The van der Waals surface area contributed by atoms with Gasteiger partial charge in [0, 0.05) is 36.2 Å². The maximum atomic E-state index is 5.75. The minimum absolute atomic E-state index is 0.344. The number of para-hydroxylation sites is 1. The summed E-state index contributed by atoms with van der Waals surface area (Å²) in [5.41, 5.74) is 5.54. The van der Waals surface area contributed by atoms with E-state index >= 15 is 0 Å². The van der Waals surface area contributed by atoms with Gasteiger partial charge < -0.3 is 19.8 Å². The first-order chi connectivity index (χ1) is 15.3. The van der Waals surface area contributed by atoms with E-state index in [-0.39, 0.29) is 0 Å². The first-order valence-corrected chi connectivity index (χ1v) is 11.8. The Morgan fingerprint density at radius 1 is 1.03 bits per heavy atom. The molecular formula is C26H31N3O2. The van der Waals surface area contributed by atoms with Gasteiger partial charge in [-0.15, -0.1) is 0 Å². The van der Waals surface area contributed by atoms with Gasteiger partial charge in [-0.05, 0) is 86.0 Å². The van der Waals surface area contributed by atoms with Gasteiger partial charge in [0.1, 0.15) is 0 Å². The Morgan fingerprint density at radius 2 is 1.87 bits per heavy atom. The summed E-state index contributed by atoms with van der Waals surface area (Å²) in [7, 11) is 0. The molecule has 4 heterocycles. The summed E-state index contributed by atoms with van der Waals surface area (Å²) in [5, 5.41) is 4.87. The van der Waals surface area contributed by atoms with Crippen molar-refractivity contribution in [3.63, 3.8) is 0 Å². The molecule has 0 aliphatic carbocycles. The zero-order valence-electron chi connectivity index (χ0n) is 18.0. The molecule has 1 saturated heterocycles. The lowest BCUT2D eigenvalue weighted by atomic mass is 9.86. The largest absolute Gasteiger partial charge is 0.454 e. The first-order valence-electron chi connectivity index (χ1n) is 11.8. The van der Waals surface area contributed by atoms with Crippen LogP contribution in [0.4, 0.5) is 0 Å². The highest BCUT2D eigenvalue weighted by Crippen LogP contribution is 2.42. The van der Waals surface area contributed by atoms with Crippen LogP contribution in [0.3, 0.4) is 0 Å². The Labute approximate surface area is 183 Å². The molecule has 2 N–H and O–H groups in total. The number of piperidine rings is 1. The summed E-state index contributed by atoms with van der Waals surface area (Å²) >= 11 is 0. The second-order valence-electron chi connectivity index (χ2n) is 9.26. The number of aryl methyl sites for hydroxylation is 1. The molecule has 2 aromatic carbocycles. The molecule has 0 unspecified atom stereocenters. The van der Waals surface area contributed by atoms with Gasteiger partial charge in [0.25, 0.3) is 0 Å². The zero-order valence-corrected chi connectivity index (χ0v) is 18.0. The fraction of sp³-hybridized carbons (Fsp3) is 0.462. The zero-order chi connectivity index (χ0) is 20.6. The topological polar surface area (TPSA) is 49.5 Å². The fourth-order valence-electron chi connectivity index (χ4n) is 5.73. The lowest BCUT2D eigenvalue weighted by Gasteiger charge is -2.40. The van der Waals surface area contributed by atoms with E-state index in [1.807, 2.05) is 0 Å². The third-order valence-electron chi connectivity index (χ3n) is 7.42. The van der Waals surface area contributed by atoms with Crippen molar-refractivity contribution in [2.24, 2.45) is 5.92 Å². The van der Waals surface area contributed by atoms with Gasteiger partial charge in [0.2, 0.25) is 6.79 Å². The van der Waals surface area contributed by atoms with E-state index in [9.17, 15) is 0 Å². The van der Waals surface area contributed by atoms with Crippen LogP contribution >= 0.6 is 0 Å². The number of aromatic amines is 1. The van der Waals surface area contributed by atoms with Crippen LogP contribution < -0.4 is 14.8 Å². The summed E-state index contributed by atoms with van der Waals surface area (Å²) in [6.45, 7) is 5.00. The van der Waals surface area contributed by atoms with E-state index in [4.69, 9.17) is 9.47 Å². The number of fused-ring (bicyclic) bond motifs is 3. The minimum atomic E-state index is 0.344. The molecule has 0 radical (unpaired) electrons. The predicted molar refractivity (Wildman–Crippen MR) is 123 cm³/mol. The number of hydrogen-bond acceptors (Lipinski definition) is 4. The molecule has 6 rings (SSSR count). The van der Waals surface area contributed by atoms with E-state index < -0.39 is 0 Å². The Bertz CT molecular complexity index is 1070. The number of nitrogens with one attached hydrogen (secondary N) is 2. The monoisotopic (exact) mass is 417 g/mol. The Balaban J connectivity index is 1.29. The van der Waals surface area contributed by atoms with Gasteiger partial charge in [-0.2, -0.15) is 0 Å². The van der Waals surface area contributed by atoms with Crippen LogP contribution in [0.1, 0.15) is 42.0 Å². The summed E-state index contributed by atoms with van der Waals surface area (Å²) < 4.78 is 11.4. The fourth-order valence-corrected chi connectivity index (χ4v) is 5.73. The molecule has 162 valence electrons. The SMILES string of the molecule is c1ccc2c(CC[C@H]3c4cc5c(cc4CCN3CC3CCNCC3)OCO5)c[nH]c2c1. The van der Waals surface area contributed by atoms with Gasteiger partial charge in [-0.1, -0.05) is 18.2 Å². The van der Waals surface area contributed by atoms with Crippen molar-refractivity contribution in [2.45, 2.75) is 38.1 Å². The Kier molecular flexibility index (Phi) is 5.09. The van der Waals surface area contributed by atoms with Crippen molar-refractivity contribution in [1.82, 2.24) is 15.2 Å². The number of nitrogens with zero attached hydrogens (tertiary/aromatic N) is 1. The van der Waals surface area contributed by atoms with Crippen molar-refractivity contribution < 1.29 is 9.47 Å². The molecule has 5 heteroatoms. The number of benzene rings is 2. The van der Waals surface area contributed by atoms with Crippen LogP contribution in [-0.2, 0) is 12.8 Å². The van der Waals surface area contributed by atoms with Crippen LogP contribution in [0, 0.1) is 5.92 Å². The highest BCUT2D eigenvalue weighted by molar-refractivity contribution is 5.83. The van der Waals surface area contributed by atoms with Crippen LogP contribution in [0.15, 0.2) is 42.6 Å². The molecule has 3 aromatic rings. The molecule has 1 atom stereocenters. The predicted octanol–water partition coefficient (Wildman–Crippen LogP) is 4.43. The Hall–Kier alpha value is -2.50. The summed E-state index contributed by atoms with van der Waals surface area (Å²) in [6.07, 6.45) is 8.08. The quantitative estimate of drug-likeness (QED) is 0.645.